The molecule has 0 aliphatic carbocycles. The third-order valence-electron chi connectivity index (χ3n) is 3.67. The molecule has 1 fully saturated rings. The van der Waals surface area contributed by atoms with Crippen LogP contribution in [-0.2, 0) is 27.4 Å². The molecule has 0 amide bonds. The van der Waals surface area contributed by atoms with Gasteiger partial charge in [0.2, 0.25) is 0 Å². The van der Waals surface area contributed by atoms with Crippen molar-refractivity contribution >= 4 is 0 Å². The molecule has 0 bridgehead atoms. The number of aliphatic hydroxyl groups excluding tert-OH is 1. The van der Waals surface area contributed by atoms with Gasteiger partial charge in [0.1, 0.15) is 12.2 Å². The van der Waals surface area contributed by atoms with Gasteiger partial charge in [-0.3, -0.25) is 0 Å². The molecule has 22 heavy (non-hydrogen) atoms. The van der Waals surface area contributed by atoms with Gasteiger partial charge in [-0.15, -0.1) is 0 Å². The molecule has 2 aromatic rings. The van der Waals surface area contributed by atoms with E-state index in [0.717, 1.165) is 11.1 Å². The highest BCUT2D eigenvalue weighted by Crippen LogP contribution is 2.21. The van der Waals surface area contributed by atoms with Crippen LogP contribution in [0.1, 0.15) is 11.1 Å². The van der Waals surface area contributed by atoms with Gasteiger partial charge in [-0.05, 0) is 11.1 Å². The zero-order valence-electron chi connectivity index (χ0n) is 12.3. The summed E-state index contributed by atoms with van der Waals surface area (Å²) in [7, 11) is 0. The molecule has 4 nitrogen and oxygen atoms in total. The van der Waals surface area contributed by atoms with Crippen LogP contribution in [0.5, 0.6) is 0 Å². The van der Waals surface area contributed by atoms with E-state index >= 15 is 0 Å². The van der Waals surface area contributed by atoms with Gasteiger partial charge >= 0.3 is 0 Å². The van der Waals surface area contributed by atoms with Crippen LogP contribution in [0.15, 0.2) is 60.7 Å². The Kier molecular flexibility index (Phi) is 5.19. The Morgan fingerprint density at radius 3 is 2.00 bits per heavy atom. The smallest absolute Gasteiger partial charge is 0.183 e. The zero-order chi connectivity index (χ0) is 15.2. The second kappa shape index (κ2) is 7.51. The van der Waals surface area contributed by atoms with Gasteiger partial charge in [0.05, 0.1) is 19.8 Å². The molecule has 0 aromatic heterocycles. The maximum Gasteiger partial charge on any atom is 0.183 e. The molecular formula is C18H20O4. The molecule has 2 aromatic carbocycles. The predicted molar refractivity (Wildman–Crippen MR) is 82.0 cm³/mol. The molecule has 3 rings (SSSR count). The molecule has 1 aliphatic rings. The Bertz CT molecular complexity index is 558. The number of ether oxygens (including phenoxy) is 3. The molecule has 3 atom stereocenters. The van der Waals surface area contributed by atoms with E-state index in [1.54, 1.807) is 0 Å². The van der Waals surface area contributed by atoms with Gasteiger partial charge < -0.3 is 19.3 Å². The fourth-order valence-corrected chi connectivity index (χ4v) is 2.44. The Balaban J connectivity index is 1.54. The first-order chi connectivity index (χ1) is 10.8. The largest absolute Gasteiger partial charge is 0.368 e. The van der Waals surface area contributed by atoms with E-state index in [9.17, 15) is 5.11 Å². The van der Waals surface area contributed by atoms with Crippen molar-refractivity contribution in [2.45, 2.75) is 31.7 Å². The highest BCUT2D eigenvalue weighted by molar-refractivity contribution is 5.14. The first-order valence-corrected chi connectivity index (χ1v) is 7.43. The van der Waals surface area contributed by atoms with Crippen molar-refractivity contribution < 1.29 is 19.3 Å². The standard InChI is InChI=1S/C18H20O4/c19-18-17(21-12-15-9-5-2-6-10-15)16(13-22-18)20-11-14-7-3-1-4-8-14/h1-10,16-19H,11-13H2/t16-,17+,18?/m0/s1. The van der Waals surface area contributed by atoms with Gasteiger partial charge in [0.25, 0.3) is 0 Å². The van der Waals surface area contributed by atoms with Crippen molar-refractivity contribution in [3.8, 4) is 0 Å². The third kappa shape index (κ3) is 3.93. The summed E-state index contributed by atoms with van der Waals surface area (Å²) < 4.78 is 16.9. The van der Waals surface area contributed by atoms with Gasteiger partial charge in [0.15, 0.2) is 6.29 Å². The first kappa shape index (κ1) is 15.2. The van der Waals surface area contributed by atoms with Crippen molar-refractivity contribution in [2.24, 2.45) is 0 Å². The van der Waals surface area contributed by atoms with Gasteiger partial charge in [0, 0.05) is 0 Å². The molecule has 4 heteroatoms. The number of benzene rings is 2. The molecule has 0 saturated carbocycles. The first-order valence-electron chi connectivity index (χ1n) is 7.43. The van der Waals surface area contributed by atoms with Crippen LogP contribution in [0.3, 0.4) is 0 Å². The molecule has 1 unspecified atom stereocenters. The molecular weight excluding hydrogens is 280 g/mol. The van der Waals surface area contributed by atoms with Crippen molar-refractivity contribution in [1.29, 1.82) is 0 Å². The van der Waals surface area contributed by atoms with Crippen LogP contribution >= 0.6 is 0 Å². The molecule has 0 spiro atoms. The number of hydrogen-bond acceptors (Lipinski definition) is 4. The van der Waals surface area contributed by atoms with Crippen LogP contribution in [0.2, 0.25) is 0 Å². The van der Waals surface area contributed by atoms with E-state index < -0.39 is 12.4 Å². The third-order valence-corrected chi connectivity index (χ3v) is 3.67. The summed E-state index contributed by atoms with van der Waals surface area (Å²) >= 11 is 0. The summed E-state index contributed by atoms with van der Waals surface area (Å²) in [4.78, 5) is 0. The van der Waals surface area contributed by atoms with Crippen LogP contribution in [0.25, 0.3) is 0 Å². The lowest BCUT2D eigenvalue weighted by Crippen LogP contribution is -2.34. The van der Waals surface area contributed by atoms with Gasteiger partial charge in [-0.1, -0.05) is 60.7 Å². The summed E-state index contributed by atoms with van der Waals surface area (Å²) in [6.07, 6.45) is -1.67. The quantitative estimate of drug-likeness (QED) is 0.890. The van der Waals surface area contributed by atoms with Crippen molar-refractivity contribution in [1.82, 2.24) is 0 Å². The zero-order valence-corrected chi connectivity index (χ0v) is 12.3. The summed E-state index contributed by atoms with van der Waals surface area (Å²) in [6, 6.07) is 19.8. The summed E-state index contributed by atoms with van der Waals surface area (Å²) in [6.45, 7) is 1.25. The monoisotopic (exact) mass is 300 g/mol. The SMILES string of the molecule is OC1OC[C@H](OCc2ccccc2)[C@H]1OCc1ccccc1. The van der Waals surface area contributed by atoms with Crippen LogP contribution < -0.4 is 0 Å². The molecule has 1 heterocycles. The summed E-state index contributed by atoms with van der Waals surface area (Å²) in [5.41, 5.74) is 2.15. The second-order valence-corrected chi connectivity index (χ2v) is 5.32. The Hall–Kier alpha value is -1.72. The Morgan fingerprint density at radius 1 is 0.864 bits per heavy atom. The molecule has 1 saturated heterocycles. The minimum absolute atomic E-state index is 0.265. The average molecular weight is 300 g/mol. The average Bonchev–Trinajstić information content (AvgIpc) is 2.93. The topological polar surface area (TPSA) is 47.9 Å². The minimum atomic E-state index is -0.940. The maximum atomic E-state index is 9.91. The van der Waals surface area contributed by atoms with E-state index in [0.29, 0.717) is 19.8 Å². The lowest BCUT2D eigenvalue weighted by molar-refractivity contribution is -0.143. The molecule has 1 aliphatic heterocycles. The summed E-state index contributed by atoms with van der Waals surface area (Å²) in [5.74, 6) is 0. The minimum Gasteiger partial charge on any atom is -0.368 e. The van der Waals surface area contributed by atoms with E-state index in [4.69, 9.17) is 14.2 Å². The fraction of sp³-hybridized carbons (Fsp3) is 0.333. The maximum absolute atomic E-state index is 9.91. The van der Waals surface area contributed by atoms with Gasteiger partial charge in [-0.25, -0.2) is 0 Å². The highest BCUT2D eigenvalue weighted by atomic mass is 16.7. The van der Waals surface area contributed by atoms with Crippen molar-refractivity contribution in [2.75, 3.05) is 6.61 Å². The van der Waals surface area contributed by atoms with E-state index in [-0.39, 0.29) is 6.10 Å². The van der Waals surface area contributed by atoms with Crippen LogP contribution in [0.4, 0.5) is 0 Å². The second-order valence-electron chi connectivity index (χ2n) is 5.32. The van der Waals surface area contributed by atoms with Crippen LogP contribution in [0, 0.1) is 0 Å². The van der Waals surface area contributed by atoms with E-state index in [1.807, 2.05) is 60.7 Å². The normalized spacial score (nSPS) is 24.5. The van der Waals surface area contributed by atoms with E-state index in [2.05, 4.69) is 0 Å². The highest BCUT2D eigenvalue weighted by Gasteiger charge is 2.38. The lowest BCUT2D eigenvalue weighted by Gasteiger charge is -2.21. The molecule has 1 N–H and O–H groups in total. The van der Waals surface area contributed by atoms with Crippen molar-refractivity contribution in [3.63, 3.8) is 0 Å². The lowest BCUT2D eigenvalue weighted by atomic mass is 10.2. The summed E-state index contributed by atoms with van der Waals surface area (Å²) in [5, 5.41) is 9.91. The Morgan fingerprint density at radius 2 is 1.41 bits per heavy atom. The molecule has 0 radical (unpaired) electrons. The predicted octanol–water partition coefficient (Wildman–Crippen LogP) is 2.51. The number of hydrogen-bond donors (Lipinski definition) is 1. The molecule has 116 valence electrons. The van der Waals surface area contributed by atoms with Crippen LogP contribution in [-0.4, -0.2) is 30.2 Å². The number of rotatable bonds is 6. The van der Waals surface area contributed by atoms with Crippen molar-refractivity contribution in [3.05, 3.63) is 71.8 Å². The van der Waals surface area contributed by atoms with E-state index in [1.165, 1.54) is 0 Å². The number of aliphatic hydroxyl groups is 1. The van der Waals surface area contributed by atoms with Gasteiger partial charge in [-0.2, -0.15) is 0 Å². The fourth-order valence-electron chi connectivity index (χ4n) is 2.44. The Labute approximate surface area is 130 Å².